The van der Waals surface area contributed by atoms with Crippen molar-refractivity contribution < 1.29 is 50.8 Å². The summed E-state index contributed by atoms with van der Waals surface area (Å²) >= 11 is 0.587. The van der Waals surface area contributed by atoms with Crippen LogP contribution in [0.4, 0.5) is 34.1 Å². The highest BCUT2D eigenvalue weighted by molar-refractivity contribution is 7.94. The van der Waals surface area contributed by atoms with E-state index in [0.29, 0.717) is 39.8 Å². The number of hydrogen-bond donors (Lipinski definition) is 7. The highest BCUT2D eigenvalue weighted by Crippen LogP contribution is 2.45. The van der Waals surface area contributed by atoms with Crippen molar-refractivity contribution in [3.63, 3.8) is 0 Å². The Morgan fingerprint density at radius 3 is 1.78 bits per heavy atom. The number of phenols is 2. The number of fused-ring (bicyclic) bond motifs is 2. The molecule has 0 heterocycles. The van der Waals surface area contributed by atoms with E-state index in [9.17, 15) is 36.2 Å². The summed E-state index contributed by atoms with van der Waals surface area (Å²) in [6.07, 6.45) is 2.95. The topological polar surface area (TPSA) is 289 Å². The van der Waals surface area contributed by atoms with Gasteiger partial charge in [0.2, 0.25) is 0 Å². The maximum Gasteiger partial charge on any atom is 0.296 e. The van der Waals surface area contributed by atoms with Gasteiger partial charge < -0.3 is 21.7 Å². The molecule has 0 radical (unpaired) electrons. The molecule has 0 fully saturated rings. The first kappa shape index (κ1) is 37.8. The van der Waals surface area contributed by atoms with Crippen LogP contribution in [0.25, 0.3) is 33.7 Å². The van der Waals surface area contributed by atoms with E-state index in [-0.39, 0.29) is 44.0 Å². The molecule has 0 unspecified atom stereocenters. The molecule has 6 aromatic rings. The number of aromatic hydroxyl groups is 2. The highest BCUT2D eigenvalue weighted by atomic mass is 32.2. The third kappa shape index (κ3) is 8.30. The summed E-state index contributed by atoms with van der Waals surface area (Å²) in [5.74, 6) is -0.892. The molecule has 0 aliphatic heterocycles. The minimum absolute atomic E-state index is 0.0120. The molecular weight excluding hydrogens is 765 g/mol. The summed E-state index contributed by atoms with van der Waals surface area (Å²) in [5.41, 5.74) is 12.6. The zero-order chi connectivity index (χ0) is 38.8. The van der Waals surface area contributed by atoms with Gasteiger partial charge in [-0.15, -0.1) is 14.6 Å². The predicted octanol–water partition coefficient (Wildman–Crippen LogP) is 8.49. The van der Waals surface area contributed by atoms with Gasteiger partial charge in [0.25, 0.3) is 20.2 Å². The van der Waals surface area contributed by atoms with Crippen LogP contribution in [0, 0.1) is 0 Å². The third-order valence-corrected chi connectivity index (χ3v) is 10.1. The Labute approximate surface area is 310 Å². The molecule has 54 heavy (non-hydrogen) atoms. The lowest BCUT2D eigenvalue weighted by molar-refractivity contribution is -0.432. The van der Waals surface area contributed by atoms with E-state index in [4.69, 9.17) is 16.7 Å². The second-order valence-corrected chi connectivity index (χ2v) is 14.9. The van der Waals surface area contributed by atoms with Crippen molar-refractivity contribution in [3.05, 3.63) is 102 Å². The van der Waals surface area contributed by atoms with Crippen molar-refractivity contribution in [2.75, 3.05) is 11.5 Å². The lowest BCUT2D eigenvalue weighted by Gasteiger charge is -2.09. The standard InChI is InChI=1S/C34H26N6O11S3/c35-22-8-5-20-13-28(52-51-50-43)31(33(41)26(20)15-22)39-37-24-10-2-18(3-11-24)1-4-19-7-12-25(17-29(19)53(44,45)46)38-40-32-30(54(47,48)49)14-21-6-9-23(36)16-27(21)34(32)42/h1-17,41-43H,35-36H2,(H,44,45,46)(H,47,48,49). The van der Waals surface area contributed by atoms with E-state index in [0.717, 1.165) is 12.1 Å². The van der Waals surface area contributed by atoms with Crippen molar-refractivity contribution in [2.45, 2.75) is 14.7 Å². The quantitative estimate of drug-likeness (QED) is 0.0123. The number of nitrogens with two attached hydrogens (primary N) is 2. The molecule has 0 saturated heterocycles. The van der Waals surface area contributed by atoms with E-state index in [1.54, 1.807) is 54.6 Å². The van der Waals surface area contributed by atoms with Crippen LogP contribution in [0.5, 0.6) is 11.5 Å². The Hall–Kier alpha value is -5.97. The minimum atomic E-state index is -4.90. The van der Waals surface area contributed by atoms with Crippen molar-refractivity contribution >= 4 is 100 Å². The van der Waals surface area contributed by atoms with E-state index >= 15 is 0 Å². The molecule has 9 N–H and O–H groups in total. The summed E-state index contributed by atoms with van der Waals surface area (Å²) in [6, 6.07) is 21.9. The molecular formula is C34H26N6O11S3. The Balaban J connectivity index is 1.27. The third-order valence-electron chi connectivity index (χ3n) is 7.74. The molecule has 0 aliphatic rings. The number of hydrogen-bond acceptors (Lipinski definition) is 16. The molecule has 20 heteroatoms. The fourth-order valence-corrected chi connectivity index (χ4v) is 7.08. The Kier molecular flexibility index (Phi) is 10.6. The summed E-state index contributed by atoms with van der Waals surface area (Å²) in [5, 5.41) is 51.4. The number of azo groups is 2. The fraction of sp³-hybridized carbons (Fsp3) is 0. The van der Waals surface area contributed by atoms with Crippen molar-refractivity contribution in [1.82, 2.24) is 0 Å². The second kappa shape index (κ2) is 15.2. The van der Waals surface area contributed by atoms with Crippen molar-refractivity contribution in [3.8, 4) is 11.5 Å². The monoisotopic (exact) mass is 790 g/mol. The van der Waals surface area contributed by atoms with Gasteiger partial charge >= 0.3 is 0 Å². The van der Waals surface area contributed by atoms with Gasteiger partial charge in [0.05, 0.1) is 28.3 Å². The first-order chi connectivity index (χ1) is 25.6. The van der Waals surface area contributed by atoms with E-state index in [1.165, 1.54) is 36.4 Å². The van der Waals surface area contributed by atoms with Gasteiger partial charge in [-0.05, 0) is 82.6 Å². The molecule has 17 nitrogen and oxygen atoms in total. The van der Waals surface area contributed by atoms with Gasteiger partial charge in [-0.3, -0.25) is 9.11 Å². The number of nitrogens with zero attached hydrogens (tertiary/aromatic N) is 4. The average Bonchev–Trinajstić information content (AvgIpc) is 3.12. The van der Waals surface area contributed by atoms with Crippen LogP contribution in [0.3, 0.4) is 0 Å². The molecule has 6 rings (SSSR count). The van der Waals surface area contributed by atoms with Crippen LogP contribution >= 0.6 is 12.0 Å². The minimum Gasteiger partial charge on any atom is -0.505 e. The van der Waals surface area contributed by atoms with Gasteiger partial charge in [-0.1, -0.05) is 47.5 Å². The largest absolute Gasteiger partial charge is 0.505 e. The molecule has 276 valence electrons. The summed E-state index contributed by atoms with van der Waals surface area (Å²) in [4.78, 5) is -1.05. The maximum absolute atomic E-state index is 12.3. The van der Waals surface area contributed by atoms with Gasteiger partial charge in [-0.2, -0.15) is 27.1 Å². The van der Waals surface area contributed by atoms with Crippen LogP contribution in [0.2, 0.25) is 0 Å². The Morgan fingerprint density at radius 1 is 0.611 bits per heavy atom. The zero-order valence-electron chi connectivity index (χ0n) is 27.2. The molecule has 0 aromatic heterocycles. The van der Waals surface area contributed by atoms with E-state index in [2.05, 4.69) is 29.8 Å². The molecule has 0 spiro atoms. The SMILES string of the molecule is Nc1ccc2cc(SOOO)c(N=Nc3ccc(C=Cc4ccc(N=Nc5c(S(=O)(=O)O)cc6ccc(N)cc6c5O)cc4S(=O)(=O)O)cc3)c(O)c2c1. The predicted molar refractivity (Wildman–Crippen MR) is 200 cm³/mol. The van der Waals surface area contributed by atoms with Crippen molar-refractivity contribution in [1.29, 1.82) is 0 Å². The van der Waals surface area contributed by atoms with Crippen LogP contribution in [0.15, 0.2) is 126 Å². The molecule has 0 aliphatic carbocycles. The first-order valence-corrected chi connectivity index (χ1v) is 18.7. The van der Waals surface area contributed by atoms with E-state index < -0.39 is 41.5 Å². The highest BCUT2D eigenvalue weighted by Gasteiger charge is 2.23. The normalized spacial score (nSPS) is 12.6. The summed E-state index contributed by atoms with van der Waals surface area (Å²) in [7, 11) is -9.73. The lowest BCUT2D eigenvalue weighted by Crippen LogP contribution is -2.00. The number of rotatable bonds is 11. The van der Waals surface area contributed by atoms with Crippen molar-refractivity contribution in [2.24, 2.45) is 20.5 Å². The van der Waals surface area contributed by atoms with Gasteiger partial charge in [0.15, 0.2) is 11.5 Å². The molecule has 0 atom stereocenters. The van der Waals surface area contributed by atoms with Crippen LogP contribution in [0.1, 0.15) is 11.1 Å². The number of phenolic OH excluding ortho intramolecular Hbond substituents is 2. The van der Waals surface area contributed by atoms with Crippen LogP contribution in [-0.2, 0) is 29.6 Å². The lowest BCUT2D eigenvalue weighted by atomic mass is 10.1. The first-order valence-electron chi connectivity index (χ1n) is 15.1. The van der Waals surface area contributed by atoms with Crippen LogP contribution < -0.4 is 11.5 Å². The van der Waals surface area contributed by atoms with Gasteiger partial charge in [0, 0.05) is 22.1 Å². The van der Waals surface area contributed by atoms with Gasteiger partial charge in [-0.25, -0.2) is 5.26 Å². The second-order valence-electron chi connectivity index (χ2n) is 11.3. The number of nitrogen functional groups attached to an aromatic ring is 2. The zero-order valence-corrected chi connectivity index (χ0v) is 29.6. The number of benzene rings is 6. The Bertz CT molecular complexity index is 2760. The molecule has 0 amide bonds. The van der Waals surface area contributed by atoms with Gasteiger partial charge in [0.1, 0.15) is 21.2 Å². The Morgan fingerprint density at radius 2 is 1.17 bits per heavy atom. The number of anilines is 2. The summed E-state index contributed by atoms with van der Waals surface area (Å²) in [6.45, 7) is 0. The maximum atomic E-state index is 12.3. The fourth-order valence-electron chi connectivity index (χ4n) is 5.22. The smallest absolute Gasteiger partial charge is 0.296 e. The summed E-state index contributed by atoms with van der Waals surface area (Å²) < 4.78 is 73.3. The molecule has 0 saturated carbocycles. The molecule has 0 bridgehead atoms. The van der Waals surface area contributed by atoms with E-state index in [1.807, 2.05) is 0 Å². The van der Waals surface area contributed by atoms with Crippen LogP contribution in [-0.4, -0.2) is 41.4 Å². The molecule has 6 aromatic carbocycles. The average molecular weight is 791 g/mol.